The Balaban J connectivity index is 3.24. The molecule has 2 atom stereocenters. The molecule has 80 valence electrons. The minimum Gasteiger partial charge on any atom is -0.218 e. The highest BCUT2D eigenvalue weighted by Gasteiger charge is 2.40. The van der Waals surface area contributed by atoms with Crippen molar-refractivity contribution in [2.45, 2.75) is 9.89 Å². The Morgan fingerprint density at radius 2 is 1.87 bits per heavy atom. The second-order valence-corrected chi connectivity index (χ2v) is 6.37. The monoisotopic (exact) mass is 245 g/mol. The van der Waals surface area contributed by atoms with Gasteiger partial charge in [-0.1, -0.05) is 24.8 Å². The molecule has 1 aromatic carbocycles. The van der Waals surface area contributed by atoms with Gasteiger partial charge in [-0.15, -0.1) is 0 Å². The fourth-order valence-electron chi connectivity index (χ4n) is 1.09. The highest BCUT2D eigenvalue weighted by Crippen LogP contribution is 2.32. The first kappa shape index (κ1) is 12.0. The lowest BCUT2D eigenvalue weighted by Crippen LogP contribution is -2.15. The van der Waals surface area contributed by atoms with Crippen LogP contribution in [-0.4, -0.2) is 18.3 Å². The summed E-state index contributed by atoms with van der Waals surface area (Å²) < 4.78 is 34.4. The summed E-state index contributed by atoms with van der Waals surface area (Å²) in [5.41, 5.74) is 0. The van der Waals surface area contributed by atoms with E-state index in [9.17, 15) is 13.0 Å². The summed E-state index contributed by atoms with van der Waals surface area (Å²) in [6, 6.07) is 7.53. The van der Waals surface area contributed by atoms with E-state index in [1.54, 1.807) is 18.2 Å². The molecule has 0 radical (unpaired) electrons. The van der Waals surface area contributed by atoms with Crippen molar-refractivity contribution >= 4 is 17.9 Å². The maximum atomic E-state index is 11.8. The fraction of sp³-hybridized carbons (Fsp3) is 0.111. The molecule has 0 bridgehead atoms. The fourth-order valence-corrected chi connectivity index (χ4v) is 3.65. The van der Waals surface area contributed by atoms with Gasteiger partial charge in [-0.05, 0) is 22.8 Å². The Labute approximate surface area is 89.0 Å². The molecule has 1 N–H and O–H groups in total. The molecule has 0 spiro atoms. The quantitative estimate of drug-likeness (QED) is 0.647. The lowest BCUT2D eigenvalue weighted by Gasteiger charge is -2.02. The van der Waals surface area contributed by atoms with Crippen molar-refractivity contribution in [1.29, 1.82) is 0 Å². The van der Waals surface area contributed by atoms with Crippen LogP contribution in [0.5, 0.6) is 0 Å². The predicted molar refractivity (Wildman–Crippen MR) is 57.4 cm³/mol. The zero-order valence-corrected chi connectivity index (χ0v) is 9.49. The Bertz CT molecular complexity index is 466. The minimum atomic E-state index is -3.80. The van der Waals surface area contributed by atoms with Gasteiger partial charge in [0.15, 0.2) is 0 Å². The van der Waals surface area contributed by atoms with Crippen LogP contribution in [0.15, 0.2) is 47.9 Å². The first-order chi connectivity index (χ1) is 7.00. The van der Waals surface area contributed by atoms with Crippen molar-refractivity contribution in [3.8, 4) is 0 Å². The van der Waals surface area contributed by atoms with Gasteiger partial charge in [0.1, 0.15) is 0 Å². The van der Waals surface area contributed by atoms with Crippen molar-refractivity contribution in [3.05, 3.63) is 43.0 Å². The molecule has 0 aliphatic carbocycles. The largest absolute Gasteiger partial charge is 0.529 e. The van der Waals surface area contributed by atoms with Crippen LogP contribution in [0.1, 0.15) is 0 Å². The summed E-state index contributed by atoms with van der Waals surface area (Å²) in [6.07, 6.45) is 0.973. The average molecular weight is 245 g/mol. The molecule has 0 aromatic heterocycles. The molecule has 0 heterocycles. The molecule has 1 aromatic rings. The topological polar surface area (TPSA) is 71.4 Å². The number of hydrogen-bond donors (Lipinski definition) is 1. The molecule has 4 nitrogen and oxygen atoms in total. The number of rotatable bonds is 4. The summed E-state index contributed by atoms with van der Waals surface area (Å²) in [5, 5.41) is 0. The molecule has 15 heavy (non-hydrogen) atoms. The molecule has 1 rings (SSSR count). The van der Waals surface area contributed by atoms with Gasteiger partial charge in [0.25, 0.3) is 0 Å². The van der Waals surface area contributed by atoms with E-state index in [2.05, 4.69) is 6.58 Å². The van der Waals surface area contributed by atoms with Crippen LogP contribution in [0, 0.1) is 0 Å². The van der Waals surface area contributed by atoms with E-state index in [0.717, 1.165) is 6.08 Å². The first-order valence-corrected chi connectivity index (χ1v) is 6.89. The summed E-state index contributed by atoms with van der Waals surface area (Å²) in [7, 11) is -6.63. The smallest absolute Gasteiger partial charge is 0.218 e. The third-order valence-corrected chi connectivity index (χ3v) is 5.59. The van der Waals surface area contributed by atoms with Gasteiger partial charge >= 0.3 is 13.0 Å². The van der Waals surface area contributed by atoms with Gasteiger partial charge in [0.2, 0.25) is 9.84 Å². The predicted octanol–water partition coefficient (Wildman–Crippen LogP) is 1.71. The third-order valence-electron chi connectivity index (χ3n) is 1.81. The highest BCUT2D eigenvalue weighted by atomic mass is 32.2. The van der Waals surface area contributed by atoms with Crippen LogP contribution in [0.4, 0.5) is 0 Å². The van der Waals surface area contributed by atoms with Crippen LogP contribution in [0.25, 0.3) is 0 Å². The lowest BCUT2D eigenvalue weighted by molar-refractivity contribution is 0.501. The van der Waals surface area contributed by atoms with E-state index < -0.39 is 22.9 Å². The molecule has 6 heteroatoms. The molecule has 0 fully saturated rings. The average Bonchev–Trinajstić information content (AvgIpc) is 2.19. The van der Waals surface area contributed by atoms with Crippen LogP contribution in [0.2, 0.25) is 0 Å². The Kier molecular flexibility index (Phi) is 3.74. The second kappa shape index (κ2) is 4.66. The van der Waals surface area contributed by atoms with Crippen LogP contribution < -0.4 is 0 Å². The van der Waals surface area contributed by atoms with Crippen LogP contribution in [0.3, 0.4) is 0 Å². The SMILES string of the molecule is C=CC([P+](=O)O)S(=O)(=O)c1ccccc1. The number of hydrogen-bond acceptors (Lipinski definition) is 3. The van der Waals surface area contributed by atoms with Gasteiger partial charge < -0.3 is 0 Å². The van der Waals surface area contributed by atoms with Gasteiger partial charge in [0, 0.05) is 0 Å². The zero-order valence-electron chi connectivity index (χ0n) is 7.78. The van der Waals surface area contributed by atoms with Crippen LogP contribution >= 0.6 is 8.03 Å². The zero-order chi connectivity index (χ0) is 11.5. The maximum Gasteiger partial charge on any atom is 0.529 e. The van der Waals surface area contributed by atoms with Gasteiger partial charge in [0.05, 0.1) is 4.90 Å². The Hall–Kier alpha value is -1.03. The van der Waals surface area contributed by atoms with Crippen molar-refractivity contribution in [2.24, 2.45) is 0 Å². The Morgan fingerprint density at radius 1 is 1.33 bits per heavy atom. The normalized spacial score (nSPS) is 14.3. The van der Waals surface area contributed by atoms with Crippen molar-refractivity contribution in [1.82, 2.24) is 0 Å². The van der Waals surface area contributed by atoms with Gasteiger partial charge in [-0.2, -0.15) is 4.89 Å². The number of sulfone groups is 1. The minimum absolute atomic E-state index is 0.0206. The van der Waals surface area contributed by atoms with E-state index in [1.807, 2.05) is 0 Å². The summed E-state index contributed by atoms with van der Waals surface area (Å²) in [6.45, 7) is 3.25. The summed E-state index contributed by atoms with van der Waals surface area (Å²) in [5.74, 6) is 0. The molecule has 0 aliphatic rings. The maximum absolute atomic E-state index is 11.8. The van der Waals surface area contributed by atoms with E-state index in [0.29, 0.717) is 0 Å². The van der Waals surface area contributed by atoms with E-state index in [1.165, 1.54) is 12.1 Å². The van der Waals surface area contributed by atoms with E-state index >= 15 is 0 Å². The van der Waals surface area contributed by atoms with Crippen LogP contribution in [-0.2, 0) is 14.4 Å². The van der Waals surface area contributed by atoms with E-state index in [-0.39, 0.29) is 4.90 Å². The van der Waals surface area contributed by atoms with Crippen molar-refractivity contribution < 1.29 is 17.9 Å². The summed E-state index contributed by atoms with van der Waals surface area (Å²) >= 11 is 0. The highest BCUT2D eigenvalue weighted by molar-refractivity contribution is 7.97. The van der Waals surface area contributed by atoms with Crippen molar-refractivity contribution in [2.75, 3.05) is 0 Å². The molecular weight excluding hydrogens is 235 g/mol. The van der Waals surface area contributed by atoms with Crippen molar-refractivity contribution in [3.63, 3.8) is 0 Å². The Morgan fingerprint density at radius 3 is 2.27 bits per heavy atom. The molecule has 0 saturated heterocycles. The number of benzene rings is 1. The molecule has 0 saturated carbocycles. The van der Waals surface area contributed by atoms with Gasteiger partial charge in [-0.25, -0.2) is 8.42 Å². The lowest BCUT2D eigenvalue weighted by atomic mass is 10.4. The van der Waals surface area contributed by atoms with Gasteiger partial charge in [-0.3, -0.25) is 0 Å². The second-order valence-electron chi connectivity index (χ2n) is 2.79. The standard InChI is InChI=1S/C9H9O4PS/c1-2-9(14(10)11)15(12,13)8-6-4-3-5-7-8/h2-7,9H,1H2/p+1. The molecular formula is C9H10O4PS+. The molecule has 2 unspecified atom stereocenters. The third kappa shape index (κ3) is 2.50. The van der Waals surface area contributed by atoms with E-state index in [4.69, 9.17) is 4.89 Å². The molecule has 0 amide bonds. The molecule has 0 aliphatic heterocycles. The summed E-state index contributed by atoms with van der Waals surface area (Å²) in [4.78, 5) is 7.44. The first-order valence-electron chi connectivity index (χ1n) is 4.07.